The second-order valence-electron chi connectivity index (χ2n) is 6.73. The summed E-state index contributed by atoms with van der Waals surface area (Å²) >= 11 is 0. The lowest BCUT2D eigenvalue weighted by Gasteiger charge is -2.55. The molecule has 0 bridgehead atoms. The average molecular weight is 292 g/mol. The van der Waals surface area contributed by atoms with Crippen LogP contribution in [0.5, 0.6) is 0 Å². The van der Waals surface area contributed by atoms with Crippen molar-refractivity contribution in [2.75, 3.05) is 0 Å². The van der Waals surface area contributed by atoms with Gasteiger partial charge in [-0.2, -0.15) is 15.8 Å². The van der Waals surface area contributed by atoms with Gasteiger partial charge in [-0.3, -0.25) is 0 Å². The quantitative estimate of drug-likeness (QED) is 0.739. The standard InChI is InChI=1S/C18H20N4/c19-10-14-13-6-2-3-7-15(13)17(8-4-1-5-9-17)18(11-20,12-21)16(14)22/h6,15H,1-5,7-9,22H2. The van der Waals surface area contributed by atoms with Crippen LogP contribution in [0.15, 0.2) is 22.9 Å². The minimum atomic E-state index is -1.35. The van der Waals surface area contributed by atoms with Crippen molar-refractivity contribution in [3.63, 3.8) is 0 Å². The molecule has 22 heavy (non-hydrogen) atoms. The molecule has 2 N–H and O–H groups in total. The Hall–Kier alpha value is -2.25. The summed E-state index contributed by atoms with van der Waals surface area (Å²) < 4.78 is 0. The largest absolute Gasteiger partial charge is 0.399 e. The molecular weight excluding hydrogens is 272 g/mol. The first-order valence-corrected chi connectivity index (χ1v) is 8.10. The van der Waals surface area contributed by atoms with Gasteiger partial charge in [0.05, 0.1) is 23.4 Å². The highest BCUT2D eigenvalue weighted by molar-refractivity contribution is 5.58. The molecule has 112 valence electrons. The van der Waals surface area contributed by atoms with Gasteiger partial charge >= 0.3 is 0 Å². The second kappa shape index (κ2) is 5.19. The smallest absolute Gasteiger partial charge is 0.190 e. The van der Waals surface area contributed by atoms with Crippen LogP contribution in [0.1, 0.15) is 51.4 Å². The molecule has 3 aliphatic carbocycles. The third kappa shape index (κ3) is 1.60. The summed E-state index contributed by atoms with van der Waals surface area (Å²) in [6.45, 7) is 0. The first kappa shape index (κ1) is 14.7. The van der Waals surface area contributed by atoms with Gasteiger partial charge in [-0.1, -0.05) is 25.3 Å². The molecule has 0 heterocycles. The number of hydrogen-bond donors (Lipinski definition) is 1. The van der Waals surface area contributed by atoms with Crippen molar-refractivity contribution in [2.45, 2.75) is 51.4 Å². The highest BCUT2D eigenvalue weighted by Crippen LogP contribution is 2.64. The van der Waals surface area contributed by atoms with Crippen LogP contribution in [-0.2, 0) is 0 Å². The van der Waals surface area contributed by atoms with E-state index in [2.05, 4.69) is 24.3 Å². The number of nitriles is 3. The summed E-state index contributed by atoms with van der Waals surface area (Å²) in [5.41, 5.74) is 6.11. The van der Waals surface area contributed by atoms with Crippen molar-refractivity contribution in [1.29, 1.82) is 15.8 Å². The summed E-state index contributed by atoms with van der Waals surface area (Å²) in [6.07, 6.45) is 10.0. The zero-order chi connectivity index (χ0) is 15.8. The Kier molecular flexibility index (Phi) is 3.46. The Morgan fingerprint density at radius 2 is 1.73 bits per heavy atom. The molecule has 0 aliphatic heterocycles. The molecule has 1 saturated carbocycles. The molecule has 4 heteroatoms. The molecule has 0 amide bonds. The van der Waals surface area contributed by atoms with Crippen molar-refractivity contribution in [3.8, 4) is 18.2 Å². The molecule has 0 saturated heterocycles. The maximum absolute atomic E-state index is 9.92. The Morgan fingerprint density at radius 1 is 1.05 bits per heavy atom. The Bertz CT molecular complexity index is 657. The maximum Gasteiger partial charge on any atom is 0.190 e. The van der Waals surface area contributed by atoms with Gasteiger partial charge in [-0.15, -0.1) is 0 Å². The molecule has 0 aromatic carbocycles. The monoisotopic (exact) mass is 292 g/mol. The topological polar surface area (TPSA) is 97.4 Å². The predicted molar refractivity (Wildman–Crippen MR) is 81.4 cm³/mol. The molecule has 1 spiro atoms. The lowest BCUT2D eigenvalue weighted by atomic mass is 9.45. The van der Waals surface area contributed by atoms with Gasteiger partial charge in [0.25, 0.3) is 0 Å². The van der Waals surface area contributed by atoms with E-state index in [0.29, 0.717) is 5.57 Å². The van der Waals surface area contributed by atoms with Crippen LogP contribution in [0.4, 0.5) is 0 Å². The Morgan fingerprint density at radius 3 is 2.32 bits per heavy atom. The van der Waals surface area contributed by atoms with Gasteiger partial charge in [-0.05, 0) is 43.6 Å². The number of fused-ring (bicyclic) bond motifs is 2. The summed E-state index contributed by atoms with van der Waals surface area (Å²) in [6, 6.07) is 6.69. The van der Waals surface area contributed by atoms with Gasteiger partial charge < -0.3 is 5.73 Å². The molecule has 3 aliphatic rings. The van der Waals surface area contributed by atoms with Crippen molar-refractivity contribution in [3.05, 3.63) is 22.9 Å². The van der Waals surface area contributed by atoms with Crippen LogP contribution in [0.25, 0.3) is 0 Å². The highest BCUT2D eigenvalue weighted by atomic mass is 14.7. The van der Waals surface area contributed by atoms with Crippen molar-refractivity contribution in [2.24, 2.45) is 22.5 Å². The minimum Gasteiger partial charge on any atom is -0.399 e. The van der Waals surface area contributed by atoms with E-state index >= 15 is 0 Å². The number of hydrogen-bond acceptors (Lipinski definition) is 4. The predicted octanol–water partition coefficient (Wildman–Crippen LogP) is 3.45. The fraction of sp³-hybridized carbons (Fsp3) is 0.611. The van der Waals surface area contributed by atoms with E-state index in [1.165, 1.54) is 0 Å². The molecule has 0 radical (unpaired) electrons. The minimum absolute atomic E-state index is 0.128. The van der Waals surface area contributed by atoms with E-state index in [0.717, 1.165) is 56.9 Å². The summed E-state index contributed by atoms with van der Waals surface area (Å²) in [7, 11) is 0. The van der Waals surface area contributed by atoms with E-state index in [-0.39, 0.29) is 11.6 Å². The van der Waals surface area contributed by atoms with Gasteiger partial charge in [0.1, 0.15) is 6.07 Å². The van der Waals surface area contributed by atoms with Crippen molar-refractivity contribution >= 4 is 0 Å². The van der Waals surface area contributed by atoms with E-state index in [1.54, 1.807) is 0 Å². The molecule has 0 aromatic rings. The number of allylic oxidation sites excluding steroid dienone is 4. The zero-order valence-electron chi connectivity index (χ0n) is 12.7. The van der Waals surface area contributed by atoms with Gasteiger partial charge in [0.15, 0.2) is 5.41 Å². The normalized spacial score (nSPS) is 28.8. The SMILES string of the molecule is N#CC1=C(N)C(C#N)(C#N)C2(CCCCC2)C2CCCC=C12. The van der Waals surface area contributed by atoms with Crippen LogP contribution in [0, 0.1) is 50.7 Å². The third-order valence-electron chi connectivity index (χ3n) is 6.01. The number of nitrogens with zero attached hydrogens (tertiary/aromatic N) is 3. The van der Waals surface area contributed by atoms with Crippen molar-refractivity contribution < 1.29 is 0 Å². The Labute approximate surface area is 131 Å². The van der Waals surface area contributed by atoms with Crippen LogP contribution in [-0.4, -0.2) is 0 Å². The van der Waals surface area contributed by atoms with Crippen LogP contribution < -0.4 is 5.73 Å². The van der Waals surface area contributed by atoms with Gasteiger partial charge in [-0.25, -0.2) is 0 Å². The zero-order valence-corrected chi connectivity index (χ0v) is 12.7. The lowest BCUT2D eigenvalue weighted by Crippen LogP contribution is -2.54. The Balaban J connectivity index is 2.33. The van der Waals surface area contributed by atoms with Crippen LogP contribution in [0.2, 0.25) is 0 Å². The first-order chi connectivity index (χ1) is 10.7. The molecule has 1 atom stereocenters. The van der Waals surface area contributed by atoms with E-state index < -0.39 is 10.8 Å². The van der Waals surface area contributed by atoms with Gasteiger partial charge in [0.2, 0.25) is 0 Å². The van der Waals surface area contributed by atoms with Crippen LogP contribution >= 0.6 is 0 Å². The van der Waals surface area contributed by atoms with E-state index in [9.17, 15) is 15.8 Å². The molecule has 0 aromatic heterocycles. The van der Waals surface area contributed by atoms with E-state index in [1.807, 2.05) is 0 Å². The highest BCUT2D eigenvalue weighted by Gasteiger charge is 2.63. The van der Waals surface area contributed by atoms with Gasteiger partial charge in [0, 0.05) is 5.41 Å². The maximum atomic E-state index is 9.92. The second-order valence-corrected chi connectivity index (χ2v) is 6.73. The fourth-order valence-corrected chi connectivity index (χ4v) is 5.00. The summed E-state index contributed by atoms with van der Waals surface area (Å²) in [4.78, 5) is 0. The third-order valence-corrected chi connectivity index (χ3v) is 6.01. The molecular formula is C18H20N4. The molecule has 1 fully saturated rings. The average Bonchev–Trinajstić information content (AvgIpc) is 2.58. The number of rotatable bonds is 0. The number of nitrogens with two attached hydrogens (primary N) is 1. The molecule has 1 unspecified atom stereocenters. The van der Waals surface area contributed by atoms with Crippen LogP contribution in [0.3, 0.4) is 0 Å². The lowest BCUT2D eigenvalue weighted by molar-refractivity contribution is 0.0321. The summed E-state index contributed by atoms with van der Waals surface area (Å²) in [5, 5.41) is 29.4. The fourth-order valence-electron chi connectivity index (χ4n) is 5.00. The molecule has 4 nitrogen and oxygen atoms in total. The summed E-state index contributed by atoms with van der Waals surface area (Å²) in [5.74, 6) is 0.128. The van der Waals surface area contributed by atoms with E-state index in [4.69, 9.17) is 5.73 Å². The van der Waals surface area contributed by atoms with Crippen molar-refractivity contribution in [1.82, 2.24) is 0 Å². The first-order valence-electron chi connectivity index (χ1n) is 8.10. The molecule has 3 rings (SSSR count).